The molecule has 0 saturated heterocycles. The Bertz CT molecular complexity index is 862. The summed E-state index contributed by atoms with van der Waals surface area (Å²) in [4.78, 5) is 13.9. The number of allylic oxidation sites excluding steroid dienone is 1. The molecule has 0 heterocycles. The van der Waals surface area contributed by atoms with Crippen LogP contribution in [0.5, 0.6) is 5.75 Å². The normalized spacial score (nSPS) is 11.8. The van der Waals surface area contributed by atoms with E-state index in [4.69, 9.17) is 4.74 Å². The van der Waals surface area contributed by atoms with E-state index >= 15 is 0 Å². The van der Waals surface area contributed by atoms with Gasteiger partial charge in [-0.3, -0.25) is 4.79 Å². The van der Waals surface area contributed by atoms with Crippen LogP contribution in [-0.4, -0.2) is 17.1 Å². The first-order valence-corrected chi connectivity index (χ1v) is 13.9. The zero-order chi connectivity index (χ0) is 24.7. The van der Waals surface area contributed by atoms with Gasteiger partial charge >= 0.3 is 0 Å². The lowest BCUT2D eigenvalue weighted by Crippen LogP contribution is -2.06. The van der Waals surface area contributed by atoms with Crippen molar-refractivity contribution in [2.45, 2.75) is 102 Å². The van der Waals surface area contributed by atoms with Crippen LogP contribution in [0.3, 0.4) is 0 Å². The zero-order valence-corrected chi connectivity index (χ0v) is 22.6. The minimum absolute atomic E-state index is 0.00229. The number of hydrogen-bond donors (Lipinski definition) is 0. The topological polar surface area (TPSA) is 26.3 Å². The number of hydrogen-bond acceptors (Lipinski definition) is 3. The van der Waals surface area contributed by atoms with Crippen LogP contribution in [0.25, 0.3) is 6.08 Å². The maximum absolute atomic E-state index is 12.6. The van der Waals surface area contributed by atoms with Crippen molar-refractivity contribution in [3.8, 4) is 5.75 Å². The predicted octanol–water partition coefficient (Wildman–Crippen LogP) is 9.77. The summed E-state index contributed by atoms with van der Waals surface area (Å²) < 4.78 is 6.09. The van der Waals surface area contributed by atoms with Crippen molar-refractivity contribution < 1.29 is 9.53 Å². The number of unbranched alkanes of at least 4 members (excludes halogenated alkanes) is 9. The minimum Gasteiger partial charge on any atom is -0.494 e. The summed E-state index contributed by atoms with van der Waals surface area (Å²) >= 11 is 1.84. The first-order chi connectivity index (χ1) is 16.4. The summed E-state index contributed by atoms with van der Waals surface area (Å²) in [6, 6.07) is 15.9. The van der Waals surface area contributed by atoms with Crippen LogP contribution in [-0.2, 0) is 0 Å². The molecule has 0 bridgehead atoms. The third-order valence-electron chi connectivity index (χ3n) is 5.62. The SMILES string of the molecule is CCCCCCCCCCCCOc1cccc(C(=O)/C=C/c2ccc(SC(C)(C)C)cc2)c1. The highest BCUT2D eigenvalue weighted by atomic mass is 32.2. The smallest absolute Gasteiger partial charge is 0.185 e. The summed E-state index contributed by atoms with van der Waals surface area (Å²) in [5.74, 6) is 0.774. The monoisotopic (exact) mass is 480 g/mol. The van der Waals surface area contributed by atoms with Crippen LogP contribution in [0.1, 0.15) is 108 Å². The molecule has 0 spiro atoms. The summed E-state index contributed by atoms with van der Waals surface area (Å²) in [5.41, 5.74) is 1.69. The Morgan fingerprint density at radius 1 is 0.853 bits per heavy atom. The lowest BCUT2D eigenvalue weighted by molar-refractivity contribution is 0.104. The third-order valence-corrected chi connectivity index (χ3v) is 6.74. The van der Waals surface area contributed by atoms with E-state index in [2.05, 4.69) is 52.0 Å². The number of benzene rings is 2. The van der Waals surface area contributed by atoms with E-state index in [1.807, 2.05) is 42.1 Å². The van der Waals surface area contributed by atoms with Crippen molar-refractivity contribution in [2.75, 3.05) is 6.61 Å². The fraction of sp³-hybridized carbons (Fsp3) is 0.516. The van der Waals surface area contributed by atoms with E-state index in [9.17, 15) is 4.79 Å². The number of ether oxygens (including phenoxy) is 1. The Morgan fingerprint density at radius 3 is 2.09 bits per heavy atom. The van der Waals surface area contributed by atoms with Crippen molar-refractivity contribution in [3.63, 3.8) is 0 Å². The van der Waals surface area contributed by atoms with Gasteiger partial charge in [0.25, 0.3) is 0 Å². The standard InChI is InChI=1S/C31H44O2S/c1-5-6-7-8-9-10-11-12-13-14-24-33-28-17-15-16-27(25-28)30(32)23-20-26-18-21-29(22-19-26)34-31(2,3)4/h15-23,25H,5-14,24H2,1-4H3/b23-20+. The molecule has 2 aromatic carbocycles. The molecule has 0 amide bonds. The molecule has 0 N–H and O–H groups in total. The third kappa shape index (κ3) is 12.5. The van der Waals surface area contributed by atoms with Crippen molar-refractivity contribution >= 4 is 23.6 Å². The molecule has 0 aliphatic heterocycles. The molecule has 3 heteroatoms. The second-order valence-electron chi connectivity index (χ2n) is 10.0. The maximum atomic E-state index is 12.6. The molecule has 34 heavy (non-hydrogen) atoms. The van der Waals surface area contributed by atoms with Crippen LogP contribution in [0.2, 0.25) is 0 Å². The van der Waals surface area contributed by atoms with E-state index in [1.54, 1.807) is 6.08 Å². The lowest BCUT2D eigenvalue weighted by Gasteiger charge is -2.17. The first kappa shape index (κ1) is 28.2. The predicted molar refractivity (Wildman–Crippen MR) is 149 cm³/mol. The van der Waals surface area contributed by atoms with Crippen LogP contribution < -0.4 is 4.74 Å². The molecule has 0 unspecified atom stereocenters. The molecule has 2 aromatic rings. The average molecular weight is 481 g/mol. The fourth-order valence-electron chi connectivity index (χ4n) is 3.79. The lowest BCUT2D eigenvalue weighted by atomic mass is 10.1. The van der Waals surface area contributed by atoms with Crippen molar-refractivity contribution in [3.05, 3.63) is 65.7 Å². The van der Waals surface area contributed by atoms with E-state index in [1.165, 1.54) is 62.7 Å². The van der Waals surface area contributed by atoms with Crippen LogP contribution in [0.4, 0.5) is 0 Å². The zero-order valence-electron chi connectivity index (χ0n) is 21.8. The highest BCUT2D eigenvalue weighted by molar-refractivity contribution is 8.00. The van der Waals surface area contributed by atoms with E-state index < -0.39 is 0 Å². The Labute approximate surface area is 212 Å². The molecule has 2 nitrogen and oxygen atoms in total. The van der Waals surface area contributed by atoms with Gasteiger partial charge in [0.2, 0.25) is 0 Å². The maximum Gasteiger partial charge on any atom is 0.185 e. The van der Waals surface area contributed by atoms with Gasteiger partial charge in [0.15, 0.2) is 5.78 Å². The Kier molecular flexibility index (Phi) is 13.1. The van der Waals surface area contributed by atoms with E-state index in [-0.39, 0.29) is 10.5 Å². The minimum atomic E-state index is -0.00229. The van der Waals surface area contributed by atoms with Crippen molar-refractivity contribution in [1.82, 2.24) is 0 Å². The molecule has 0 fully saturated rings. The molecule has 0 saturated carbocycles. The molecule has 0 atom stereocenters. The van der Waals surface area contributed by atoms with Crippen molar-refractivity contribution in [1.29, 1.82) is 0 Å². The van der Waals surface area contributed by atoms with Gasteiger partial charge in [0, 0.05) is 15.2 Å². The van der Waals surface area contributed by atoms with Gasteiger partial charge in [-0.05, 0) is 42.3 Å². The van der Waals surface area contributed by atoms with E-state index in [0.29, 0.717) is 12.2 Å². The van der Waals surface area contributed by atoms with Gasteiger partial charge in [0.05, 0.1) is 6.61 Å². The average Bonchev–Trinajstić information content (AvgIpc) is 2.81. The number of carbonyl (C=O) groups is 1. The van der Waals surface area contributed by atoms with Gasteiger partial charge in [-0.25, -0.2) is 0 Å². The highest BCUT2D eigenvalue weighted by Crippen LogP contribution is 2.31. The summed E-state index contributed by atoms with van der Waals surface area (Å²) in [7, 11) is 0. The molecule has 0 radical (unpaired) electrons. The molecule has 0 aliphatic rings. The molecule has 0 aromatic heterocycles. The second-order valence-corrected chi connectivity index (χ2v) is 11.9. The number of ketones is 1. The fourth-order valence-corrected chi connectivity index (χ4v) is 4.77. The first-order valence-electron chi connectivity index (χ1n) is 13.1. The molecule has 2 rings (SSSR count). The number of carbonyl (C=O) groups excluding carboxylic acids is 1. The van der Waals surface area contributed by atoms with Gasteiger partial charge in [-0.15, -0.1) is 11.8 Å². The molecular weight excluding hydrogens is 436 g/mol. The van der Waals surface area contributed by atoms with Gasteiger partial charge in [-0.2, -0.15) is 0 Å². The Morgan fingerprint density at radius 2 is 1.47 bits per heavy atom. The van der Waals surface area contributed by atoms with Crippen LogP contribution in [0.15, 0.2) is 59.5 Å². The highest BCUT2D eigenvalue weighted by Gasteiger charge is 2.11. The van der Waals surface area contributed by atoms with Gasteiger partial charge < -0.3 is 4.74 Å². The molecule has 0 aliphatic carbocycles. The Balaban J connectivity index is 1.69. The quantitative estimate of drug-likeness (QED) is 0.103. The Hall–Kier alpha value is -2.00. The van der Waals surface area contributed by atoms with Gasteiger partial charge in [-0.1, -0.05) is 116 Å². The number of thioether (sulfide) groups is 1. The summed E-state index contributed by atoms with van der Waals surface area (Å²) in [6.45, 7) is 9.60. The second kappa shape index (κ2) is 15.8. The largest absolute Gasteiger partial charge is 0.494 e. The molecule has 186 valence electrons. The summed E-state index contributed by atoms with van der Waals surface area (Å²) in [5, 5.41) is 0. The van der Waals surface area contributed by atoms with Crippen LogP contribution in [0, 0.1) is 0 Å². The van der Waals surface area contributed by atoms with Gasteiger partial charge in [0.1, 0.15) is 5.75 Å². The molecular formula is C31H44O2S. The van der Waals surface area contributed by atoms with Crippen molar-refractivity contribution in [2.24, 2.45) is 0 Å². The van der Waals surface area contributed by atoms with Crippen LogP contribution >= 0.6 is 11.8 Å². The van der Waals surface area contributed by atoms with E-state index in [0.717, 1.165) is 17.7 Å². The summed E-state index contributed by atoms with van der Waals surface area (Å²) in [6.07, 6.45) is 16.7. The number of rotatable bonds is 16.